The fourth-order valence-electron chi connectivity index (χ4n) is 3.54. The molecule has 0 aromatic carbocycles. The second-order valence-corrected chi connectivity index (χ2v) is 7.84. The molecule has 1 aromatic rings. The molecule has 1 saturated heterocycles. The largest absolute Gasteiger partial charge is 0.463 e. The van der Waals surface area contributed by atoms with Gasteiger partial charge in [-0.25, -0.2) is 4.79 Å². The molecule has 0 aliphatic carbocycles. The molecule has 170 valence electrons. The predicted molar refractivity (Wildman–Crippen MR) is 109 cm³/mol. The highest BCUT2D eigenvalue weighted by molar-refractivity contribution is 5.69. The Morgan fingerprint density at radius 2 is 1.83 bits per heavy atom. The standard InChI is InChI=1S/C21H33FN2O6/c1-2-3-4-5-6-7-8-9-10-11-19(26)29-14-17-16(25)12-18(30-17)24-13-15(22)20(27)23-21(24)28/h13,16-18,25H,2-12,14H2,1H3,(H,23,27,28)/t16-,17+,18+/m0/s1. The van der Waals surface area contributed by atoms with Crippen molar-refractivity contribution in [2.45, 2.75) is 96.0 Å². The minimum atomic E-state index is -1.12. The van der Waals surface area contributed by atoms with Gasteiger partial charge >= 0.3 is 11.7 Å². The molecule has 0 spiro atoms. The van der Waals surface area contributed by atoms with Crippen LogP contribution in [0.4, 0.5) is 4.39 Å². The Morgan fingerprint density at radius 1 is 1.20 bits per heavy atom. The van der Waals surface area contributed by atoms with Crippen LogP contribution in [0.25, 0.3) is 0 Å². The summed E-state index contributed by atoms with van der Waals surface area (Å²) < 4.78 is 25.0. The number of aliphatic hydroxyl groups is 1. The van der Waals surface area contributed by atoms with Crippen LogP contribution in [0, 0.1) is 5.82 Å². The number of aromatic amines is 1. The number of nitrogens with zero attached hydrogens (tertiary/aromatic N) is 1. The van der Waals surface area contributed by atoms with Gasteiger partial charge in [0.15, 0.2) is 0 Å². The number of aromatic nitrogens is 2. The Labute approximate surface area is 175 Å². The number of unbranched alkanes of at least 4 members (excludes halogenated alkanes) is 8. The third kappa shape index (κ3) is 7.68. The summed E-state index contributed by atoms with van der Waals surface area (Å²) in [5.41, 5.74) is -1.95. The lowest BCUT2D eigenvalue weighted by Crippen LogP contribution is -2.34. The zero-order valence-corrected chi connectivity index (χ0v) is 17.6. The summed E-state index contributed by atoms with van der Waals surface area (Å²) in [5, 5.41) is 10.1. The number of carbonyl (C=O) groups is 1. The van der Waals surface area contributed by atoms with Gasteiger partial charge in [0.05, 0.1) is 12.3 Å². The van der Waals surface area contributed by atoms with Crippen molar-refractivity contribution in [1.82, 2.24) is 9.55 Å². The van der Waals surface area contributed by atoms with E-state index in [9.17, 15) is 23.9 Å². The number of hydrogen-bond acceptors (Lipinski definition) is 6. The topological polar surface area (TPSA) is 111 Å². The molecule has 0 bridgehead atoms. The number of esters is 1. The summed E-state index contributed by atoms with van der Waals surface area (Å²) in [6, 6.07) is 0. The molecule has 0 radical (unpaired) electrons. The molecule has 2 N–H and O–H groups in total. The smallest absolute Gasteiger partial charge is 0.330 e. The molecule has 9 heteroatoms. The van der Waals surface area contributed by atoms with Gasteiger partial charge in [0.1, 0.15) is 18.9 Å². The van der Waals surface area contributed by atoms with Crippen molar-refractivity contribution in [1.29, 1.82) is 0 Å². The highest BCUT2D eigenvalue weighted by atomic mass is 19.1. The number of rotatable bonds is 13. The van der Waals surface area contributed by atoms with Gasteiger partial charge in [-0.1, -0.05) is 58.3 Å². The predicted octanol–water partition coefficient (Wildman–Crippen LogP) is 2.79. The molecule has 3 atom stereocenters. The molecular formula is C21H33FN2O6. The second-order valence-electron chi connectivity index (χ2n) is 7.84. The van der Waals surface area contributed by atoms with Gasteiger partial charge in [0, 0.05) is 12.8 Å². The van der Waals surface area contributed by atoms with E-state index in [-0.39, 0.29) is 19.0 Å². The highest BCUT2D eigenvalue weighted by Gasteiger charge is 2.36. The summed E-state index contributed by atoms with van der Waals surface area (Å²) >= 11 is 0. The summed E-state index contributed by atoms with van der Waals surface area (Å²) in [4.78, 5) is 36.7. The second kappa shape index (κ2) is 12.6. The van der Waals surface area contributed by atoms with Crippen molar-refractivity contribution >= 4 is 5.97 Å². The van der Waals surface area contributed by atoms with Gasteiger partial charge in [-0.3, -0.25) is 19.1 Å². The molecule has 2 rings (SSSR count). The van der Waals surface area contributed by atoms with Crippen LogP contribution in [0.5, 0.6) is 0 Å². The van der Waals surface area contributed by atoms with E-state index in [1.807, 2.05) is 4.98 Å². The first kappa shape index (κ1) is 24.3. The van der Waals surface area contributed by atoms with Gasteiger partial charge in [0.25, 0.3) is 5.56 Å². The quantitative estimate of drug-likeness (QED) is 0.369. The lowest BCUT2D eigenvalue weighted by molar-refractivity contribution is -0.150. The van der Waals surface area contributed by atoms with Crippen LogP contribution in [0.3, 0.4) is 0 Å². The monoisotopic (exact) mass is 428 g/mol. The van der Waals surface area contributed by atoms with Crippen LogP contribution >= 0.6 is 0 Å². The number of carbonyl (C=O) groups excluding carboxylic acids is 1. The molecule has 1 aromatic heterocycles. The summed E-state index contributed by atoms with van der Waals surface area (Å²) in [6.45, 7) is 2.06. The van der Waals surface area contributed by atoms with E-state index in [4.69, 9.17) is 9.47 Å². The number of ether oxygens (including phenoxy) is 2. The van der Waals surface area contributed by atoms with Gasteiger partial charge in [0.2, 0.25) is 5.82 Å². The number of hydrogen-bond donors (Lipinski definition) is 2. The summed E-state index contributed by atoms with van der Waals surface area (Å²) in [7, 11) is 0. The van der Waals surface area contributed by atoms with Crippen LogP contribution in [0.15, 0.2) is 15.8 Å². The fraction of sp³-hybridized carbons (Fsp3) is 0.762. The lowest BCUT2D eigenvalue weighted by atomic mass is 10.1. The van der Waals surface area contributed by atoms with E-state index in [0.717, 1.165) is 30.0 Å². The van der Waals surface area contributed by atoms with Crippen LogP contribution in [-0.4, -0.2) is 39.4 Å². The molecule has 0 unspecified atom stereocenters. The van der Waals surface area contributed by atoms with E-state index in [0.29, 0.717) is 6.42 Å². The molecule has 30 heavy (non-hydrogen) atoms. The summed E-state index contributed by atoms with van der Waals surface area (Å²) in [5.74, 6) is -1.48. The maximum atomic E-state index is 13.4. The van der Waals surface area contributed by atoms with Crippen LogP contribution in [0.1, 0.15) is 83.8 Å². The van der Waals surface area contributed by atoms with Crippen molar-refractivity contribution in [2.75, 3.05) is 6.61 Å². The van der Waals surface area contributed by atoms with Crippen molar-refractivity contribution in [3.63, 3.8) is 0 Å². The number of halogens is 1. The average molecular weight is 429 g/mol. The van der Waals surface area contributed by atoms with Gasteiger partial charge in [-0.05, 0) is 6.42 Å². The normalized spacial score (nSPS) is 21.1. The SMILES string of the molecule is CCCCCCCCCCCC(=O)OC[C@H]1O[C@@H](n2cc(F)c(=O)[nH]c2=O)C[C@@H]1O. The van der Waals surface area contributed by atoms with E-state index in [1.165, 1.54) is 38.5 Å². The van der Waals surface area contributed by atoms with Crippen molar-refractivity contribution in [3.05, 3.63) is 32.9 Å². The van der Waals surface area contributed by atoms with E-state index >= 15 is 0 Å². The maximum Gasteiger partial charge on any atom is 0.330 e. The molecule has 1 aliphatic heterocycles. The van der Waals surface area contributed by atoms with E-state index in [2.05, 4.69) is 6.92 Å². The van der Waals surface area contributed by atoms with Gasteiger partial charge in [-0.2, -0.15) is 4.39 Å². The number of nitrogens with one attached hydrogen (secondary N) is 1. The minimum Gasteiger partial charge on any atom is -0.463 e. The molecule has 0 saturated carbocycles. The van der Waals surface area contributed by atoms with Gasteiger partial charge < -0.3 is 14.6 Å². The Balaban J connectivity index is 1.64. The van der Waals surface area contributed by atoms with E-state index in [1.54, 1.807) is 0 Å². The van der Waals surface area contributed by atoms with Gasteiger partial charge in [-0.15, -0.1) is 0 Å². The van der Waals surface area contributed by atoms with Crippen LogP contribution in [-0.2, 0) is 14.3 Å². The fourth-order valence-corrected chi connectivity index (χ4v) is 3.54. The zero-order chi connectivity index (χ0) is 21.9. The van der Waals surface area contributed by atoms with Crippen LogP contribution in [0.2, 0.25) is 0 Å². The maximum absolute atomic E-state index is 13.4. The molecule has 0 amide bonds. The summed E-state index contributed by atoms with van der Waals surface area (Å²) in [6.07, 6.45) is 8.73. The Kier molecular flexibility index (Phi) is 10.2. The average Bonchev–Trinajstić information content (AvgIpc) is 3.08. The first-order chi connectivity index (χ1) is 14.4. The number of H-pyrrole nitrogens is 1. The molecule has 1 aliphatic rings. The molecule has 8 nitrogen and oxygen atoms in total. The van der Waals surface area contributed by atoms with E-state index < -0.39 is 35.5 Å². The van der Waals surface area contributed by atoms with Crippen LogP contribution < -0.4 is 11.2 Å². The molecule has 1 fully saturated rings. The number of aliphatic hydroxyl groups excluding tert-OH is 1. The van der Waals surface area contributed by atoms with Crippen molar-refractivity contribution < 1.29 is 23.8 Å². The first-order valence-electron chi connectivity index (χ1n) is 10.9. The molecule has 2 heterocycles. The van der Waals surface area contributed by atoms with Crippen molar-refractivity contribution in [3.8, 4) is 0 Å². The molecular weight excluding hydrogens is 395 g/mol. The third-order valence-electron chi connectivity index (χ3n) is 5.33. The minimum absolute atomic E-state index is 0.0197. The lowest BCUT2D eigenvalue weighted by Gasteiger charge is -2.16. The highest BCUT2D eigenvalue weighted by Crippen LogP contribution is 2.27. The first-order valence-corrected chi connectivity index (χ1v) is 10.9. The Bertz CT molecular complexity index is 777. The Hall–Kier alpha value is -2.00. The third-order valence-corrected chi connectivity index (χ3v) is 5.33. The zero-order valence-electron chi connectivity index (χ0n) is 17.6. The Morgan fingerprint density at radius 3 is 2.50 bits per heavy atom. The van der Waals surface area contributed by atoms with Crippen molar-refractivity contribution in [2.24, 2.45) is 0 Å².